The Morgan fingerprint density at radius 2 is 1.86 bits per heavy atom. The van der Waals surface area contributed by atoms with Gasteiger partial charge >= 0.3 is 0 Å². The van der Waals surface area contributed by atoms with E-state index >= 15 is 0 Å². The molecule has 1 aliphatic heterocycles. The van der Waals surface area contributed by atoms with Gasteiger partial charge in [-0.15, -0.1) is 0 Å². The van der Waals surface area contributed by atoms with E-state index in [1.807, 2.05) is 0 Å². The van der Waals surface area contributed by atoms with Gasteiger partial charge in [-0.05, 0) is 17.0 Å². The molecule has 2 rings (SSSR count). The van der Waals surface area contributed by atoms with E-state index in [9.17, 15) is 0 Å². The van der Waals surface area contributed by atoms with Crippen LogP contribution in [0.15, 0.2) is 30.3 Å². The quantitative estimate of drug-likeness (QED) is 0.655. The summed E-state index contributed by atoms with van der Waals surface area (Å²) in [6.07, 6.45) is 4.46. The minimum atomic E-state index is 0.268. The van der Waals surface area contributed by atoms with Crippen molar-refractivity contribution in [3.8, 4) is 0 Å². The normalized spacial score (nSPS) is 20.1. The van der Waals surface area contributed by atoms with E-state index in [-0.39, 0.29) is 5.41 Å². The van der Waals surface area contributed by atoms with E-state index < -0.39 is 0 Å². The van der Waals surface area contributed by atoms with Gasteiger partial charge in [-0.2, -0.15) is 0 Å². The van der Waals surface area contributed by atoms with Crippen LogP contribution >= 0.6 is 0 Å². The molecule has 1 unspecified atom stereocenters. The van der Waals surface area contributed by atoms with Gasteiger partial charge in [0, 0.05) is 11.7 Å². The van der Waals surface area contributed by atoms with Crippen LogP contribution in [0.3, 0.4) is 0 Å². The third kappa shape index (κ3) is 1.67. The minimum Gasteiger partial charge on any atom is -0.378 e. The molecule has 1 atom stereocenters. The Morgan fingerprint density at radius 3 is 2.57 bits per heavy atom. The molecule has 1 N–H and O–H groups in total. The number of hydrogen-bond acceptors (Lipinski definition) is 1. The zero-order valence-corrected chi connectivity index (χ0v) is 9.04. The third-order valence-corrected chi connectivity index (χ3v) is 2.67. The van der Waals surface area contributed by atoms with Crippen LogP contribution in [0.5, 0.6) is 0 Å². The number of nitrogens with one attached hydrogen (secondary N) is 1. The Bertz CT molecular complexity index is 358. The lowest BCUT2D eigenvalue weighted by atomic mass is 9.84. The average molecular weight is 187 g/mol. The molecule has 0 amide bonds. The van der Waals surface area contributed by atoms with E-state index in [0.717, 1.165) is 0 Å². The van der Waals surface area contributed by atoms with Crippen molar-refractivity contribution in [2.75, 3.05) is 5.32 Å². The molecule has 1 aromatic carbocycles. The van der Waals surface area contributed by atoms with Crippen LogP contribution in [-0.4, -0.2) is 6.04 Å². The van der Waals surface area contributed by atoms with Crippen LogP contribution in [0.1, 0.15) is 26.3 Å². The van der Waals surface area contributed by atoms with Crippen LogP contribution < -0.4 is 5.32 Å². The van der Waals surface area contributed by atoms with Crippen LogP contribution in [0, 0.1) is 5.41 Å². The minimum absolute atomic E-state index is 0.268. The van der Waals surface area contributed by atoms with Crippen molar-refractivity contribution in [1.29, 1.82) is 0 Å². The number of benzene rings is 1. The number of para-hydroxylation sites is 1. The third-order valence-electron chi connectivity index (χ3n) is 2.67. The first-order chi connectivity index (χ1) is 6.57. The first-order valence-electron chi connectivity index (χ1n) is 5.11. The first-order valence-corrected chi connectivity index (χ1v) is 5.11. The fourth-order valence-electron chi connectivity index (χ4n) is 1.69. The SMILES string of the molecule is CC(C)(C)C1C=Cc2ccccc2N1. The molecule has 0 saturated carbocycles. The van der Waals surface area contributed by atoms with Gasteiger partial charge < -0.3 is 5.32 Å². The van der Waals surface area contributed by atoms with Gasteiger partial charge in [-0.3, -0.25) is 0 Å². The summed E-state index contributed by atoms with van der Waals surface area (Å²) in [6.45, 7) is 6.76. The molecular formula is C13H17N. The van der Waals surface area contributed by atoms with Gasteiger partial charge in [0.1, 0.15) is 0 Å². The van der Waals surface area contributed by atoms with Gasteiger partial charge in [-0.1, -0.05) is 51.1 Å². The molecule has 0 radical (unpaired) electrons. The second-order valence-electron chi connectivity index (χ2n) is 4.93. The number of anilines is 1. The number of rotatable bonds is 0. The highest BCUT2D eigenvalue weighted by Gasteiger charge is 2.24. The highest BCUT2D eigenvalue weighted by Crippen LogP contribution is 2.30. The van der Waals surface area contributed by atoms with Gasteiger partial charge in [0.2, 0.25) is 0 Å². The fraction of sp³-hybridized carbons (Fsp3) is 0.385. The zero-order chi connectivity index (χ0) is 10.2. The van der Waals surface area contributed by atoms with Gasteiger partial charge in [0.25, 0.3) is 0 Å². The summed E-state index contributed by atoms with van der Waals surface area (Å²) in [5, 5.41) is 3.55. The predicted octanol–water partition coefficient (Wildman–Crippen LogP) is 3.54. The van der Waals surface area contributed by atoms with Crippen LogP contribution in [-0.2, 0) is 0 Å². The molecule has 1 nitrogen and oxygen atoms in total. The molecule has 1 aliphatic rings. The Balaban J connectivity index is 2.30. The van der Waals surface area contributed by atoms with Crippen molar-refractivity contribution in [3.63, 3.8) is 0 Å². The second-order valence-corrected chi connectivity index (χ2v) is 4.93. The van der Waals surface area contributed by atoms with Crippen LogP contribution in [0.25, 0.3) is 6.08 Å². The standard InChI is InChI=1S/C13H17N/c1-13(2,3)12-9-8-10-6-4-5-7-11(10)14-12/h4-9,12,14H,1-3H3. The Morgan fingerprint density at radius 1 is 1.14 bits per heavy atom. The molecule has 1 heterocycles. The fourth-order valence-corrected chi connectivity index (χ4v) is 1.69. The zero-order valence-electron chi connectivity index (χ0n) is 9.04. The predicted molar refractivity (Wildman–Crippen MR) is 62.3 cm³/mol. The van der Waals surface area contributed by atoms with Crippen molar-refractivity contribution in [2.24, 2.45) is 5.41 Å². The average Bonchev–Trinajstić information content (AvgIpc) is 2.16. The number of hydrogen-bond donors (Lipinski definition) is 1. The monoisotopic (exact) mass is 187 g/mol. The summed E-state index contributed by atoms with van der Waals surface area (Å²) in [7, 11) is 0. The van der Waals surface area contributed by atoms with E-state index in [0.29, 0.717) is 6.04 Å². The molecule has 0 saturated heterocycles. The van der Waals surface area contributed by atoms with Crippen molar-refractivity contribution >= 4 is 11.8 Å². The summed E-state index contributed by atoms with van der Waals surface area (Å²) in [6, 6.07) is 8.85. The van der Waals surface area contributed by atoms with Crippen molar-refractivity contribution in [3.05, 3.63) is 35.9 Å². The van der Waals surface area contributed by atoms with E-state index in [2.05, 4.69) is 62.5 Å². The molecule has 1 aromatic rings. The van der Waals surface area contributed by atoms with E-state index in [1.54, 1.807) is 0 Å². The van der Waals surface area contributed by atoms with E-state index in [1.165, 1.54) is 11.3 Å². The lowest BCUT2D eigenvalue weighted by Gasteiger charge is -2.32. The largest absolute Gasteiger partial charge is 0.378 e. The summed E-state index contributed by atoms with van der Waals surface area (Å²) in [4.78, 5) is 0. The smallest absolute Gasteiger partial charge is 0.0496 e. The lowest BCUT2D eigenvalue weighted by Crippen LogP contribution is -2.33. The molecule has 0 bridgehead atoms. The van der Waals surface area contributed by atoms with Crippen molar-refractivity contribution in [2.45, 2.75) is 26.8 Å². The maximum Gasteiger partial charge on any atom is 0.0496 e. The molecule has 0 aromatic heterocycles. The Labute approximate surface area is 85.8 Å². The molecule has 0 spiro atoms. The number of fused-ring (bicyclic) bond motifs is 1. The second kappa shape index (κ2) is 3.16. The van der Waals surface area contributed by atoms with Crippen LogP contribution in [0.4, 0.5) is 5.69 Å². The maximum absolute atomic E-state index is 3.55. The van der Waals surface area contributed by atoms with Crippen molar-refractivity contribution < 1.29 is 0 Å². The summed E-state index contributed by atoms with van der Waals surface area (Å²) < 4.78 is 0. The first kappa shape index (κ1) is 9.32. The summed E-state index contributed by atoms with van der Waals surface area (Å²) in [5.74, 6) is 0. The molecule has 1 heteroatoms. The molecule has 0 fully saturated rings. The van der Waals surface area contributed by atoms with Gasteiger partial charge in [-0.25, -0.2) is 0 Å². The lowest BCUT2D eigenvalue weighted by molar-refractivity contribution is 0.384. The molecule has 74 valence electrons. The van der Waals surface area contributed by atoms with Crippen LogP contribution in [0.2, 0.25) is 0 Å². The maximum atomic E-state index is 3.55. The van der Waals surface area contributed by atoms with Gasteiger partial charge in [0.15, 0.2) is 0 Å². The highest BCUT2D eigenvalue weighted by molar-refractivity contribution is 5.70. The summed E-state index contributed by atoms with van der Waals surface area (Å²) in [5.41, 5.74) is 2.80. The van der Waals surface area contributed by atoms with E-state index in [4.69, 9.17) is 0 Å². The van der Waals surface area contributed by atoms with Crippen molar-refractivity contribution in [1.82, 2.24) is 0 Å². The molecule has 14 heavy (non-hydrogen) atoms. The van der Waals surface area contributed by atoms with Gasteiger partial charge in [0.05, 0.1) is 0 Å². The molecular weight excluding hydrogens is 170 g/mol. The topological polar surface area (TPSA) is 12.0 Å². The Hall–Kier alpha value is -1.24. The molecule has 0 aliphatic carbocycles. The highest BCUT2D eigenvalue weighted by atomic mass is 14.9. The summed E-state index contributed by atoms with van der Waals surface area (Å²) >= 11 is 0. The Kier molecular flexibility index (Phi) is 2.10.